The van der Waals surface area contributed by atoms with E-state index in [2.05, 4.69) is 10.3 Å². The van der Waals surface area contributed by atoms with Gasteiger partial charge in [-0.05, 0) is 36.8 Å². The van der Waals surface area contributed by atoms with Crippen molar-refractivity contribution in [3.63, 3.8) is 0 Å². The highest BCUT2D eigenvalue weighted by molar-refractivity contribution is 6.30. The van der Waals surface area contributed by atoms with Crippen molar-refractivity contribution in [2.24, 2.45) is 0 Å². The average Bonchev–Trinajstić information content (AvgIpc) is 2.73. The van der Waals surface area contributed by atoms with Crippen molar-refractivity contribution in [2.45, 2.75) is 19.0 Å². The van der Waals surface area contributed by atoms with E-state index in [-0.39, 0.29) is 12.5 Å². The molecule has 1 aromatic heterocycles. The molecule has 6 heteroatoms. The van der Waals surface area contributed by atoms with E-state index in [1.54, 1.807) is 49.5 Å². The van der Waals surface area contributed by atoms with E-state index >= 15 is 0 Å². The lowest BCUT2D eigenvalue weighted by molar-refractivity contribution is -0.131. The number of hydrogen-bond donors (Lipinski definition) is 1. The molecular formula is C16H14ClN3O2. The minimum Gasteiger partial charge on any atom is -0.318 e. The molecule has 1 fully saturated rings. The first-order valence-electron chi connectivity index (χ1n) is 6.81. The fraction of sp³-hybridized carbons (Fsp3) is 0.188. The maximum atomic E-state index is 12.7. The van der Waals surface area contributed by atoms with Gasteiger partial charge >= 0.3 is 6.03 Å². The highest BCUT2D eigenvalue weighted by atomic mass is 35.5. The first-order chi connectivity index (χ1) is 10.5. The van der Waals surface area contributed by atoms with Crippen LogP contribution >= 0.6 is 11.6 Å². The van der Waals surface area contributed by atoms with Gasteiger partial charge in [-0.25, -0.2) is 4.79 Å². The van der Waals surface area contributed by atoms with Gasteiger partial charge in [0.15, 0.2) is 5.54 Å². The van der Waals surface area contributed by atoms with E-state index in [0.717, 1.165) is 5.56 Å². The average molecular weight is 316 g/mol. The molecule has 2 aromatic rings. The Morgan fingerprint density at radius 2 is 2.05 bits per heavy atom. The summed E-state index contributed by atoms with van der Waals surface area (Å²) < 4.78 is 0. The number of amides is 3. The number of imide groups is 1. The van der Waals surface area contributed by atoms with Gasteiger partial charge in [-0.1, -0.05) is 29.8 Å². The number of aromatic nitrogens is 1. The van der Waals surface area contributed by atoms with Crippen molar-refractivity contribution < 1.29 is 9.59 Å². The molecule has 0 radical (unpaired) electrons. The molecule has 22 heavy (non-hydrogen) atoms. The van der Waals surface area contributed by atoms with Gasteiger partial charge in [-0.3, -0.25) is 14.7 Å². The van der Waals surface area contributed by atoms with Gasteiger partial charge in [0, 0.05) is 11.2 Å². The molecule has 3 amide bonds. The predicted molar refractivity (Wildman–Crippen MR) is 82.1 cm³/mol. The van der Waals surface area contributed by atoms with Crippen LogP contribution in [0.1, 0.15) is 18.2 Å². The van der Waals surface area contributed by atoms with Crippen molar-refractivity contribution in [3.05, 3.63) is 64.9 Å². The SMILES string of the molecule is CC1(c2ccccn2)NC(=O)N(Cc2cccc(Cl)c2)C1=O. The Balaban J connectivity index is 1.89. The van der Waals surface area contributed by atoms with E-state index in [0.29, 0.717) is 10.7 Å². The van der Waals surface area contributed by atoms with E-state index in [4.69, 9.17) is 11.6 Å². The minimum atomic E-state index is -1.14. The fourth-order valence-electron chi connectivity index (χ4n) is 2.49. The lowest BCUT2D eigenvalue weighted by Gasteiger charge is -2.20. The summed E-state index contributed by atoms with van der Waals surface area (Å²) in [4.78, 5) is 30.3. The topological polar surface area (TPSA) is 62.3 Å². The first-order valence-corrected chi connectivity index (χ1v) is 7.18. The molecule has 0 spiro atoms. The van der Waals surface area contributed by atoms with Crippen LogP contribution in [0.15, 0.2) is 48.7 Å². The molecule has 1 aliphatic heterocycles. The molecule has 3 rings (SSSR count). The van der Waals surface area contributed by atoms with Gasteiger partial charge in [-0.15, -0.1) is 0 Å². The van der Waals surface area contributed by atoms with Crippen molar-refractivity contribution in [2.75, 3.05) is 0 Å². The number of halogens is 1. The van der Waals surface area contributed by atoms with Gasteiger partial charge in [-0.2, -0.15) is 0 Å². The number of carbonyl (C=O) groups excluding carboxylic acids is 2. The van der Waals surface area contributed by atoms with Gasteiger partial charge in [0.05, 0.1) is 12.2 Å². The third-order valence-corrected chi connectivity index (χ3v) is 3.92. The van der Waals surface area contributed by atoms with Crippen molar-refractivity contribution in [3.8, 4) is 0 Å². The van der Waals surface area contributed by atoms with Crippen LogP contribution in [0.25, 0.3) is 0 Å². The number of carbonyl (C=O) groups is 2. The zero-order valence-corrected chi connectivity index (χ0v) is 12.7. The summed E-state index contributed by atoms with van der Waals surface area (Å²) in [5.41, 5.74) is 0.167. The van der Waals surface area contributed by atoms with E-state index in [1.807, 2.05) is 6.07 Å². The summed E-state index contributed by atoms with van der Waals surface area (Å²) in [6, 6.07) is 11.9. The van der Waals surface area contributed by atoms with E-state index in [9.17, 15) is 9.59 Å². The number of rotatable bonds is 3. The Bertz CT molecular complexity index is 735. The lowest BCUT2D eigenvalue weighted by atomic mass is 9.97. The van der Waals surface area contributed by atoms with Gasteiger partial charge in [0.2, 0.25) is 0 Å². The molecule has 0 bridgehead atoms. The van der Waals surface area contributed by atoms with Crippen molar-refractivity contribution in [1.29, 1.82) is 0 Å². The molecule has 112 valence electrons. The van der Waals surface area contributed by atoms with Crippen LogP contribution < -0.4 is 5.32 Å². The molecule has 2 heterocycles. The summed E-state index contributed by atoms with van der Waals surface area (Å²) in [6.07, 6.45) is 1.60. The maximum Gasteiger partial charge on any atom is 0.325 e. The largest absolute Gasteiger partial charge is 0.325 e. The number of nitrogens with zero attached hydrogens (tertiary/aromatic N) is 2. The second-order valence-corrected chi connectivity index (χ2v) is 5.73. The molecule has 0 aliphatic carbocycles. The highest BCUT2D eigenvalue weighted by Crippen LogP contribution is 2.28. The van der Waals surface area contributed by atoms with Gasteiger partial charge < -0.3 is 5.32 Å². The Morgan fingerprint density at radius 3 is 2.73 bits per heavy atom. The van der Waals surface area contributed by atoms with Crippen LogP contribution in [-0.2, 0) is 16.9 Å². The Labute approximate surface area is 132 Å². The lowest BCUT2D eigenvalue weighted by Crippen LogP contribution is -2.41. The van der Waals surface area contributed by atoms with Crippen LogP contribution in [0.4, 0.5) is 4.79 Å². The monoisotopic (exact) mass is 315 g/mol. The summed E-state index contributed by atoms with van der Waals surface area (Å²) in [6.45, 7) is 1.83. The summed E-state index contributed by atoms with van der Waals surface area (Å²) >= 11 is 5.94. The number of hydrogen-bond acceptors (Lipinski definition) is 3. The first kappa shape index (κ1) is 14.5. The fourth-order valence-corrected chi connectivity index (χ4v) is 2.70. The second kappa shape index (κ2) is 5.42. The maximum absolute atomic E-state index is 12.7. The second-order valence-electron chi connectivity index (χ2n) is 5.29. The summed E-state index contributed by atoms with van der Waals surface area (Å²) in [7, 11) is 0. The molecule has 0 saturated carbocycles. The molecule has 5 nitrogen and oxygen atoms in total. The third kappa shape index (κ3) is 2.44. The number of pyridine rings is 1. The molecular weight excluding hydrogens is 302 g/mol. The minimum absolute atomic E-state index is 0.174. The van der Waals surface area contributed by atoms with Gasteiger partial charge in [0.1, 0.15) is 0 Å². The zero-order valence-electron chi connectivity index (χ0n) is 11.9. The molecule has 1 unspecified atom stereocenters. The van der Waals surface area contributed by atoms with Crippen molar-refractivity contribution in [1.82, 2.24) is 15.2 Å². The van der Waals surface area contributed by atoms with Crippen LogP contribution in [0, 0.1) is 0 Å². The Hall–Kier alpha value is -2.40. The van der Waals surface area contributed by atoms with Crippen LogP contribution in [0.5, 0.6) is 0 Å². The third-order valence-electron chi connectivity index (χ3n) is 3.68. The summed E-state index contributed by atoms with van der Waals surface area (Å²) in [5.74, 6) is -0.323. The van der Waals surface area contributed by atoms with Crippen LogP contribution in [0.3, 0.4) is 0 Å². The molecule has 1 saturated heterocycles. The smallest absolute Gasteiger partial charge is 0.318 e. The highest BCUT2D eigenvalue weighted by Gasteiger charge is 2.49. The van der Waals surface area contributed by atoms with Crippen LogP contribution in [0.2, 0.25) is 5.02 Å². The number of urea groups is 1. The van der Waals surface area contributed by atoms with Crippen molar-refractivity contribution >= 4 is 23.5 Å². The normalized spacial score (nSPS) is 21.1. The molecule has 1 aliphatic rings. The van der Waals surface area contributed by atoms with E-state index in [1.165, 1.54) is 4.90 Å². The van der Waals surface area contributed by atoms with Gasteiger partial charge in [0.25, 0.3) is 5.91 Å². The zero-order chi connectivity index (χ0) is 15.7. The van der Waals surface area contributed by atoms with Crippen LogP contribution in [-0.4, -0.2) is 21.8 Å². The quantitative estimate of drug-likeness (QED) is 0.886. The predicted octanol–water partition coefficient (Wildman–Crippen LogP) is 2.70. The molecule has 1 aromatic carbocycles. The molecule has 1 N–H and O–H groups in total. The number of benzene rings is 1. The summed E-state index contributed by atoms with van der Waals surface area (Å²) in [5, 5.41) is 3.29. The standard InChI is InChI=1S/C16H14ClN3O2/c1-16(13-7-2-3-8-18-13)14(21)20(15(22)19-16)10-11-5-4-6-12(17)9-11/h2-9H,10H2,1H3,(H,19,22). The Kier molecular flexibility index (Phi) is 3.58. The number of nitrogens with one attached hydrogen (secondary N) is 1. The molecule has 1 atom stereocenters. The van der Waals surface area contributed by atoms with E-state index < -0.39 is 11.6 Å². The Morgan fingerprint density at radius 1 is 1.23 bits per heavy atom.